The maximum Gasteiger partial charge on any atom is 0.223 e. The van der Waals surface area contributed by atoms with Gasteiger partial charge in [-0.1, -0.05) is 43.3 Å². The standard InChI is InChI=1S/C21H26N4O/c1-2-16-7-5-10-19(13-16)24-21(22)23-12-6-11-20(26)25-14-17-8-3-4-9-18(17)15-25/h3-5,7-10,13H,2,6,11-12,14-15H2,1H3,(H3,22,23,24). The van der Waals surface area contributed by atoms with Crippen LogP contribution in [0.3, 0.4) is 0 Å². The number of aliphatic imine (C=N–C) groups is 1. The molecule has 0 fully saturated rings. The van der Waals surface area contributed by atoms with Crippen molar-refractivity contribution in [2.45, 2.75) is 39.3 Å². The molecule has 5 heteroatoms. The minimum Gasteiger partial charge on any atom is -0.370 e. The van der Waals surface area contributed by atoms with Crippen LogP contribution in [0.5, 0.6) is 0 Å². The van der Waals surface area contributed by atoms with Gasteiger partial charge in [0.2, 0.25) is 5.91 Å². The summed E-state index contributed by atoms with van der Waals surface area (Å²) in [5.74, 6) is 0.567. The third-order valence-electron chi connectivity index (χ3n) is 4.63. The van der Waals surface area contributed by atoms with Gasteiger partial charge in [0, 0.05) is 31.7 Å². The number of fused-ring (bicyclic) bond motifs is 1. The molecular weight excluding hydrogens is 324 g/mol. The van der Waals surface area contributed by atoms with Crippen molar-refractivity contribution in [1.82, 2.24) is 4.90 Å². The van der Waals surface area contributed by atoms with Gasteiger partial charge in [-0.2, -0.15) is 0 Å². The molecule has 2 aromatic rings. The predicted octanol–water partition coefficient (Wildman–Crippen LogP) is 3.30. The van der Waals surface area contributed by atoms with Gasteiger partial charge in [0.1, 0.15) is 0 Å². The lowest BCUT2D eigenvalue weighted by Crippen LogP contribution is -2.25. The number of nitrogens with one attached hydrogen (secondary N) is 1. The van der Waals surface area contributed by atoms with Crippen LogP contribution in [-0.2, 0) is 24.3 Å². The van der Waals surface area contributed by atoms with Crippen LogP contribution in [0.4, 0.5) is 5.69 Å². The Morgan fingerprint density at radius 3 is 2.58 bits per heavy atom. The number of hydrogen-bond acceptors (Lipinski definition) is 2. The van der Waals surface area contributed by atoms with Crippen molar-refractivity contribution in [1.29, 1.82) is 0 Å². The Labute approximate surface area is 154 Å². The molecule has 3 N–H and O–H groups in total. The van der Waals surface area contributed by atoms with E-state index in [1.165, 1.54) is 16.7 Å². The molecule has 0 spiro atoms. The van der Waals surface area contributed by atoms with Gasteiger partial charge in [-0.15, -0.1) is 0 Å². The van der Waals surface area contributed by atoms with Crippen molar-refractivity contribution >= 4 is 17.6 Å². The summed E-state index contributed by atoms with van der Waals surface area (Å²) in [6.45, 7) is 4.09. The average Bonchev–Trinajstić information content (AvgIpc) is 3.09. The molecule has 0 atom stereocenters. The number of carbonyl (C=O) groups excluding carboxylic acids is 1. The number of guanidine groups is 1. The van der Waals surface area contributed by atoms with Gasteiger partial charge >= 0.3 is 0 Å². The van der Waals surface area contributed by atoms with E-state index in [1.54, 1.807) is 0 Å². The van der Waals surface area contributed by atoms with Crippen LogP contribution in [0.15, 0.2) is 53.5 Å². The Hall–Kier alpha value is -2.82. The van der Waals surface area contributed by atoms with Crippen LogP contribution in [0.25, 0.3) is 0 Å². The number of nitrogens with two attached hydrogens (primary N) is 1. The fraction of sp³-hybridized carbons (Fsp3) is 0.333. The number of rotatable bonds is 6. The second kappa shape index (κ2) is 8.52. The van der Waals surface area contributed by atoms with E-state index in [0.717, 1.165) is 25.2 Å². The lowest BCUT2D eigenvalue weighted by atomic mass is 10.1. The zero-order valence-corrected chi connectivity index (χ0v) is 15.2. The van der Waals surface area contributed by atoms with E-state index in [-0.39, 0.29) is 5.91 Å². The first-order valence-electron chi connectivity index (χ1n) is 9.16. The van der Waals surface area contributed by atoms with E-state index < -0.39 is 0 Å². The van der Waals surface area contributed by atoms with Crippen LogP contribution in [-0.4, -0.2) is 23.3 Å². The summed E-state index contributed by atoms with van der Waals surface area (Å²) < 4.78 is 0. The third kappa shape index (κ3) is 4.63. The topological polar surface area (TPSA) is 70.7 Å². The molecular formula is C21H26N4O. The average molecular weight is 350 g/mol. The van der Waals surface area contributed by atoms with E-state index in [4.69, 9.17) is 5.73 Å². The molecule has 1 aliphatic heterocycles. The Kier molecular flexibility index (Phi) is 5.89. The maximum atomic E-state index is 12.4. The number of nitrogens with zero attached hydrogens (tertiary/aromatic N) is 2. The smallest absolute Gasteiger partial charge is 0.223 e. The molecule has 136 valence electrons. The van der Waals surface area contributed by atoms with Crippen LogP contribution in [0, 0.1) is 0 Å². The van der Waals surface area contributed by atoms with Crippen molar-refractivity contribution in [3.05, 3.63) is 65.2 Å². The fourth-order valence-electron chi connectivity index (χ4n) is 3.15. The minimum absolute atomic E-state index is 0.179. The second-order valence-corrected chi connectivity index (χ2v) is 6.57. The van der Waals surface area contributed by atoms with E-state index in [0.29, 0.717) is 25.3 Å². The summed E-state index contributed by atoms with van der Waals surface area (Å²) in [6, 6.07) is 16.3. The van der Waals surface area contributed by atoms with Crippen molar-refractivity contribution < 1.29 is 4.79 Å². The lowest BCUT2D eigenvalue weighted by molar-refractivity contribution is -0.131. The zero-order chi connectivity index (χ0) is 18.4. The quantitative estimate of drug-likeness (QED) is 0.477. The molecule has 0 aliphatic carbocycles. The Morgan fingerprint density at radius 1 is 1.15 bits per heavy atom. The van der Waals surface area contributed by atoms with Gasteiger partial charge in [0.25, 0.3) is 0 Å². The summed E-state index contributed by atoms with van der Waals surface area (Å²) in [6.07, 6.45) is 2.17. The van der Waals surface area contributed by atoms with E-state index in [9.17, 15) is 4.79 Å². The number of carbonyl (C=O) groups is 1. The second-order valence-electron chi connectivity index (χ2n) is 6.57. The first kappa shape index (κ1) is 18.0. The van der Waals surface area contributed by atoms with Gasteiger partial charge in [0.15, 0.2) is 5.96 Å². The molecule has 5 nitrogen and oxygen atoms in total. The summed E-state index contributed by atoms with van der Waals surface area (Å²) in [5.41, 5.74) is 10.6. The highest BCUT2D eigenvalue weighted by Crippen LogP contribution is 2.22. The summed E-state index contributed by atoms with van der Waals surface area (Å²) in [7, 11) is 0. The molecule has 2 aromatic carbocycles. The van der Waals surface area contributed by atoms with Gasteiger partial charge in [0.05, 0.1) is 0 Å². The Bertz CT molecular complexity index is 775. The molecule has 0 saturated carbocycles. The van der Waals surface area contributed by atoms with Crippen LogP contribution < -0.4 is 11.1 Å². The van der Waals surface area contributed by atoms with Crippen LogP contribution in [0.2, 0.25) is 0 Å². The van der Waals surface area contributed by atoms with Crippen molar-refractivity contribution in [2.75, 3.05) is 11.9 Å². The monoisotopic (exact) mass is 350 g/mol. The molecule has 3 rings (SSSR count). The van der Waals surface area contributed by atoms with Gasteiger partial charge in [-0.3, -0.25) is 9.79 Å². The Balaban J connectivity index is 1.42. The van der Waals surface area contributed by atoms with Crippen LogP contribution >= 0.6 is 0 Å². The molecule has 0 radical (unpaired) electrons. The molecule has 0 unspecified atom stereocenters. The maximum absolute atomic E-state index is 12.4. The van der Waals surface area contributed by atoms with E-state index >= 15 is 0 Å². The van der Waals surface area contributed by atoms with Gasteiger partial charge < -0.3 is 16.0 Å². The zero-order valence-electron chi connectivity index (χ0n) is 15.2. The Morgan fingerprint density at radius 2 is 1.88 bits per heavy atom. The largest absolute Gasteiger partial charge is 0.370 e. The molecule has 0 bridgehead atoms. The molecule has 26 heavy (non-hydrogen) atoms. The molecule has 1 heterocycles. The molecule has 0 saturated heterocycles. The summed E-state index contributed by atoms with van der Waals surface area (Å²) >= 11 is 0. The van der Waals surface area contributed by atoms with E-state index in [2.05, 4.69) is 41.5 Å². The van der Waals surface area contributed by atoms with Crippen LogP contribution in [0.1, 0.15) is 36.5 Å². The number of aryl methyl sites for hydroxylation is 1. The highest BCUT2D eigenvalue weighted by Gasteiger charge is 2.22. The normalized spacial score (nSPS) is 13.6. The number of benzene rings is 2. The first-order chi connectivity index (χ1) is 12.7. The van der Waals surface area contributed by atoms with E-state index in [1.807, 2.05) is 29.2 Å². The number of amides is 1. The molecule has 0 aromatic heterocycles. The van der Waals surface area contributed by atoms with Crippen molar-refractivity contribution in [3.8, 4) is 0 Å². The molecule has 1 amide bonds. The number of hydrogen-bond donors (Lipinski definition) is 2. The highest BCUT2D eigenvalue weighted by molar-refractivity contribution is 5.92. The first-order valence-corrected chi connectivity index (χ1v) is 9.16. The number of anilines is 1. The van der Waals surface area contributed by atoms with Gasteiger partial charge in [-0.25, -0.2) is 0 Å². The summed E-state index contributed by atoms with van der Waals surface area (Å²) in [4.78, 5) is 18.6. The van der Waals surface area contributed by atoms with Gasteiger partial charge in [-0.05, 0) is 41.7 Å². The third-order valence-corrected chi connectivity index (χ3v) is 4.63. The highest BCUT2D eigenvalue weighted by atomic mass is 16.2. The lowest BCUT2D eigenvalue weighted by Gasteiger charge is -2.15. The van der Waals surface area contributed by atoms with Crippen molar-refractivity contribution in [2.24, 2.45) is 10.7 Å². The molecule has 1 aliphatic rings. The predicted molar refractivity (Wildman–Crippen MR) is 106 cm³/mol. The minimum atomic E-state index is 0.179. The summed E-state index contributed by atoms with van der Waals surface area (Å²) in [5, 5.41) is 3.10. The fourth-order valence-corrected chi connectivity index (χ4v) is 3.15. The SMILES string of the molecule is CCc1cccc(NC(N)=NCCCC(=O)N2Cc3ccccc3C2)c1. The van der Waals surface area contributed by atoms with Crippen molar-refractivity contribution in [3.63, 3.8) is 0 Å².